The number of thiazole rings is 2. The molecule has 1 amide bonds. The van der Waals surface area contributed by atoms with Crippen molar-refractivity contribution in [3.05, 3.63) is 57.0 Å². The normalized spacial score (nSPS) is 11.1. The van der Waals surface area contributed by atoms with E-state index in [-0.39, 0.29) is 15.7 Å². The van der Waals surface area contributed by atoms with Crippen LogP contribution in [0.25, 0.3) is 12.2 Å². The average molecular weight is 407 g/mol. The highest BCUT2D eigenvalue weighted by atomic mass is 32.1. The molecule has 0 saturated carbocycles. The van der Waals surface area contributed by atoms with E-state index in [9.17, 15) is 18.4 Å². The van der Waals surface area contributed by atoms with Crippen molar-refractivity contribution in [1.82, 2.24) is 9.97 Å². The second kappa shape index (κ2) is 7.72. The first-order valence-corrected chi connectivity index (χ1v) is 9.13. The van der Waals surface area contributed by atoms with Gasteiger partial charge in [-0.15, -0.1) is 22.7 Å². The van der Waals surface area contributed by atoms with Crippen molar-refractivity contribution in [2.24, 2.45) is 0 Å². The van der Waals surface area contributed by atoms with Crippen LogP contribution in [0.3, 0.4) is 0 Å². The number of carboxylic acid groups (broad SMARTS) is 1. The molecule has 1 aromatic carbocycles. The van der Waals surface area contributed by atoms with Gasteiger partial charge in [0.2, 0.25) is 5.91 Å². The van der Waals surface area contributed by atoms with E-state index in [0.29, 0.717) is 16.8 Å². The molecule has 0 radical (unpaired) electrons. The molecule has 138 valence electrons. The van der Waals surface area contributed by atoms with Gasteiger partial charge in [0, 0.05) is 18.4 Å². The summed E-state index contributed by atoms with van der Waals surface area (Å²) in [6, 6.07) is 2.93. The summed E-state index contributed by atoms with van der Waals surface area (Å²) >= 11 is 2.12. The maximum atomic E-state index is 14.1. The lowest BCUT2D eigenvalue weighted by molar-refractivity contribution is -0.115. The quantitative estimate of drug-likeness (QED) is 0.676. The molecule has 2 heterocycles. The zero-order valence-electron chi connectivity index (χ0n) is 13.7. The highest BCUT2D eigenvalue weighted by Crippen LogP contribution is 2.31. The molecule has 2 aromatic heterocycles. The minimum absolute atomic E-state index is 0.0974. The topological polar surface area (TPSA) is 83.4 Å². The van der Waals surface area contributed by atoms with Crippen LogP contribution in [-0.4, -0.2) is 27.0 Å². The number of anilines is 2. The van der Waals surface area contributed by atoms with Crippen molar-refractivity contribution in [2.45, 2.75) is 6.92 Å². The summed E-state index contributed by atoms with van der Waals surface area (Å²) in [6.07, 6.45) is 4.45. The number of carbonyl (C=O) groups excluding carboxylic acids is 1. The Morgan fingerprint density at radius 1 is 1.26 bits per heavy atom. The van der Waals surface area contributed by atoms with Crippen LogP contribution in [0.2, 0.25) is 0 Å². The highest BCUT2D eigenvalue weighted by Gasteiger charge is 2.21. The van der Waals surface area contributed by atoms with Crippen molar-refractivity contribution >= 4 is 57.5 Å². The molecule has 1 N–H and O–H groups in total. The number of benzene rings is 1. The van der Waals surface area contributed by atoms with Crippen LogP contribution >= 0.6 is 22.7 Å². The van der Waals surface area contributed by atoms with Crippen molar-refractivity contribution in [2.75, 3.05) is 4.90 Å². The first kappa shape index (κ1) is 18.8. The minimum Gasteiger partial charge on any atom is -0.477 e. The molecule has 0 saturated heterocycles. The van der Waals surface area contributed by atoms with Gasteiger partial charge in [-0.05, 0) is 24.3 Å². The fourth-order valence-corrected chi connectivity index (χ4v) is 3.65. The predicted molar refractivity (Wildman–Crippen MR) is 99.3 cm³/mol. The SMILES string of the molecule is CC(=O)N(c1nc(/C=C/c2ncc(C(=O)O)s2)cs1)c1ccc(F)cc1F. The van der Waals surface area contributed by atoms with Gasteiger partial charge in [0.25, 0.3) is 0 Å². The predicted octanol–water partition coefficient (Wildman–Crippen LogP) is 4.43. The molecule has 0 aliphatic rings. The van der Waals surface area contributed by atoms with Gasteiger partial charge < -0.3 is 5.11 Å². The number of carbonyl (C=O) groups is 2. The molecule has 3 rings (SSSR count). The Morgan fingerprint density at radius 2 is 2.04 bits per heavy atom. The second-order valence-corrected chi connectivity index (χ2v) is 7.11. The number of rotatable bonds is 5. The summed E-state index contributed by atoms with van der Waals surface area (Å²) in [5.41, 5.74) is 0.385. The van der Waals surface area contributed by atoms with Crippen molar-refractivity contribution in [1.29, 1.82) is 0 Å². The molecule has 0 fully saturated rings. The van der Waals surface area contributed by atoms with Gasteiger partial charge in [0.05, 0.1) is 17.6 Å². The van der Waals surface area contributed by atoms with Gasteiger partial charge in [-0.2, -0.15) is 0 Å². The maximum Gasteiger partial charge on any atom is 0.347 e. The lowest BCUT2D eigenvalue weighted by Gasteiger charge is -2.18. The summed E-state index contributed by atoms with van der Waals surface area (Å²) in [5, 5.41) is 11.2. The third kappa shape index (κ3) is 4.23. The number of nitrogens with zero attached hydrogens (tertiary/aromatic N) is 3. The minimum atomic E-state index is -1.05. The van der Waals surface area contributed by atoms with Crippen LogP contribution in [0, 0.1) is 11.6 Å². The van der Waals surface area contributed by atoms with E-state index >= 15 is 0 Å². The molecule has 27 heavy (non-hydrogen) atoms. The third-order valence-corrected chi connectivity index (χ3v) is 5.09. The van der Waals surface area contributed by atoms with Crippen molar-refractivity contribution < 1.29 is 23.5 Å². The van der Waals surface area contributed by atoms with Crippen molar-refractivity contribution in [3.63, 3.8) is 0 Å². The first-order valence-electron chi connectivity index (χ1n) is 7.43. The van der Waals surface area contributed by atoms with Gasteiger partial charge in [-0.25, -0.2) is 23.5 Å². The van der Waals surface area contributed by atoms with Crippen LogP contribution in [0.15, 0.2) is 29.8 Å². The van der Waals surface area contributed by atoms with E-state index in [1.807, 2.05) is 0 Å². The molecule has 0 bridgehead atoms. The highest BCUT2D eigenvalue weighted by molar-refractivity contribution is 7.14. The van der Waals surface area contributed by atoms with E-state index in [1.54, 1.807) is 17.5 Å². The Kier molecular flexibility index (Phi) is 5.38. The summed E-state index contributed by atoms with van der Waals surface area (Å²) in [4.78, 5) is 32.3. The molecule has 0 spiro atoms. The van der Waals surface area contributed by atoms with Crippen LogP contribution in [0.1, 0.15) is 27.3 Å². The number of hydrogen-bond acceptors (Lipinski definition) is 6. The Balaban J connectivity index is 1.86. The lowest BCUT2D eigenvalue weighted by Crippen LogP contribution is -2.23. The van der Waals surface area contributed by atoms with Crippen LogP contribution < -0.4 is 4.90 Å². The monoisotopic (exact) mass is 407 g/mol. The number of aromatic carboxylic acids is 1. The van der Waals surface area contributed by atoms with Gasteiger partial charge in [0.1, 0.15) is 21.5 Å². The zero-order valence-corrected chi connectivity index (χ0v) is 15.4. The summed E-state index contributed by atoms with van der Waals surface area (Å²) in [5.74, 6) is -3.15. The van der Waals surface area contributed by atoms with E-state index in [2.05, 4.69) is 9.97 Å². The third-order valence-electron chi connectivity index (χ3n) is 3.30. The molecule has 0 unspecified atom stereocenters. The Bertz CT molecular complexity index is 1050. The molecule has 3 aromatic rings. The standard InChI is InChI=1S/C17H11F2N3O3S2/c1-9(23)22(13-4-2-10(18)6-12(13)19)17-21-11(8-26-17)3-5-15-20-7-14(27-15)16(24)25/h2-8H,1H3,(H,24,25)/b5-3+. The fourth-order valence-electron chi connectivity index (χ4n) is 2.15. The number of amides is 1. The molecule has 6 nitrogen and oxygen atoms in total. The number of aromatic nitrogens is 2. The lowest BCUT2D eigenvalue weighted by atomic mass is 10.2. The number of halogens is 2. The van der Waals surface area contributed by atoms with Gasteiger partial charge in [0.15, 0.2) is 5.13 Å². The summed E-state index contributed by atoms with van der Waals surface area (Å²) < 4.78 is 27.2. The molecule has 0 atom stereocenters. The zero-order chi connectivity index (χ0) is 19.6. The van der Waals surface area contributed by atoms with Crippen LogP contribution in [-0.2, 0) is 4.79 Å². The molecular formula is C17H11F2N3O3S2. The fraction of sp³-hybridized carbons (Fsp3) is 0.0588. The Labute approximate surface area is 160 Å². The first-order chi connectivity index (χ1) is 12.8. The molecular weight excluding hydrogens is 396 g/mol. The molecule has 10 heteroatoms. The second-order valence-electron chi connectivity index (χ2n) is 5.21. The molecule has 0 aliphatic carbocycles. The van der Waals surface area contributed by atoms with E-state index < -0.39 is 23.5 Å². The summed E-state index contributed by atoms with van der Waals surface area (Å²) in [7, 11) is 0. The molecule has 0 aliphatic heterocycles. The maximum absolute atomic E-state index is 14.1. The van der Waals surface area contributed by atoms with Gasteiger partial charge >= 0.3 is 5.97 Å². The summed E-state index contributed by atoms with van der Waals surface area (Å²) in [6.45, 7) is 1.25. The van der Waals surface area contributed by atoms with Crippen molar-refractivity contribution in [3.8, 4) is 0 Å². The van der Waals surface area contributed by atoms with Crippen LogP contribution in [0.5, 0.6) is 0 Å². The number of carboxylic acids is 1. The average Bonchev–Trinajstić information content (AvgIpc) is 3.24. The Morgan fingerprint density at radius 3 is 2.67 bits per heavy atom. The Hall–Kier alpha value is -2.98. The number of hydrogen-bond donors (Lipinski definition) is 1. The van der Waals surface area contributed by atoms with Crippen LogP contribution in [0.4, 0.5) is 19.6 Å². The van der Waals surface area contributed by atoms with Gasteiger partial charge in [-0.1, -0.05) is 0 Å². The van der Waals surface area contributed by atoms with E-state index in [1.165, 1.54) is 19.2 Å². The van der Waals surface area contributed by atoms with E-state index in [0.717, 1.165) is 33.6 Å². The van der Waals surface area contributed by atoms with E-state index in [4.69, 9.17) is 5.11 Å². The largest absolute Gasteiger partial charge is 0.477 e. The van der Waals surface area contributed by atoms with Gasteiger partial charge in [-0.3, -0.25) is 9.69 Å². The smallest absolute Gasteiger partial charge is 0.347 e.